The Morgan fingerprint density at radius 3 is 2.00 bits per heavy atom. The van der Waals surface area contributed by atoms with Gasteiger partial charge in [0.15, 0.2) is 0 Å². The highest BCUT2D eigenvalue weighted by atomic mass is 15.2. The van der Waals surface area contributed by atoms with Gasteiger partial charge in [0.05, 0.1) is 5.84 Å². The van der Waals surface area contributed by atoms with Gasteiger partial charge in [-0.15, -0.1) is 0 Å². The average Bonchev–Trinajstić information content (AvgIpc) is 1.98. The van der Waals surface area contributed by atoms with Crippen LogP contribution in [0.2, 0.25) is 0 Å². The molecule has 2 heteroatoms. The van der Waals surface area contributed by atoms with Gasteiger partial charge in [0.2, 0.25) is 0 Å². The lowest BCUT2D eigenvalue weighted by Gasteiger charge is -2.26. The first-order valence-electron chi connectivity index (χ1n) is 4.67. The average molecular weight is 170 g/mol. The van der Waals surface area contributed by atoms with Crippen LogP contribution >= 0.6 is 0 Å². The van der Waals surface area contributed by atoms with Gasteiger partial charge in [0.25, 0.3) is 0 Å². The van der Waals surface area contributed by atoms with Crippen LogP contribution in [0.4, 0.5) is 0 Å². The molecule has 0 rings (SSSR count). The Morgan fingerprint density at radius 1 is 1.25 bits per heavy atom. The molecule has 0 saturated heterocycles. The van der Waals surface area contributed by atoms with E-state index >= 15 is 0 Å². The predicted molar refractivity (Wildman–Crippen MR) is 55.7 cm³/mol. The molecule has 0 N–H and O–H groups in total. The number of hydrogen-bond acceptors (Lipinski definition) is 1. The molecule has 0 unspecified atom stereocenters. The van der Waals surface area contributed by atoms with E-state index in [4.69, 9.17) is 0 Å². The predicted octanol–water partition coefficient (Wildman–Crippen LogP) is 2.40. The van der Waals surface area contributed by atoms with E-state index in [0.717, 1.165) is 6.42 Å². The molecule has 0 saturated carbocycles. The Kier molecular flexibility index (Phi) is 4.95. The molecule has 0 aliphatic carbocycles. The van der Waals surface area contributed by atoms with Crippen molar-refractivity contribution < 1.29 is 0 Å². The molecule has 0 spiro atoms. The topological polar surface area (TPSA) is 15.6 Å². The standard InChI is InChI=1S/C10H22N2/c1-8(2)7-10(11-5)12(6)9(3)4/h8-9H,7H2,1-6H3/b11-10-. The molecule has 0 aliphatic rings. The van der Waals surface area contributed by atoms with Crippen LogP contribution in [-0.4, -0.2) is 30.9 Å². The fourth-order valence-electron chi connectivity index (χ4n) is 1.06. The Bertz CT molecular complexity index is 148. The van der Waals surface area contributed by atoms with Crippen LogP contribution in [0.25, 0.3) is 0 Å². The zero-order chi connectivity index (χ0) is 9.72. The smallest absolute Gasteiger partial charge is 0.0987 e. The minimum absolute atomic E-state index is 0.544. The first kappa shape index (κ1) is 11.5. The highest BCUT2D eigenvalue weighted by Gasteiger charge is 2.10. The van der Waals surface area contributed by atoms with Crippen LogP contribution < -0.4 is 0 Å². The van der Waals surface area contributed by atoms with Crippen LogP contribution in [-0.2, 0) is 0 Å². The summed E-state index contributed by atoms with van der Waals surface area (Å²) in [5, 5.41) is 0. The largest absolute Gasteiger partial charge is 0.361 e. The SMILES string of the molecule is C/N=C(/CC(C)C)N(C)C(C)C. The number of hydrogen-bond donors (Lipinski definition) is 0. The van der Waals surface area contributed by atoms with Gasteiger partial charge >= 0.3 is 0 Å². The van der Waals surface area contributed by atoms with Crippen molar-refractivity contribution in [2.24, 2.45) is 10.9 Å². The number of amidine groups is 1. The first-order chi connectivity index (χ1) is 5.49. The summed E-state index contributed by atoms with van der Waals surface area (Å²) in [4.78, 5) is 6.53. The fourth-order valence-corrected chi connectivity index (χ4v) is 1.06. The zero-order valence-electron chi connectivity index (χ0n) is 9.26. The second kappa shape index (κ2) is 5.18. The maximum absolute atomic E-state index is 4.29. The summed E-state index contributed by atoms with van der Waals surface area (Å²) in [5.41, 5.74) is 0. The Balaban J connectivity index is 4.17. The van der Waals surface area contributed by atoms with E-state index in [0.29, 0.717) is 12.0 Å². The van der Waals surface area contributed by atoms with E-state index in [1.54, 1.807) is 0 Å². The fraction of sp³-hybridized carbons (Fsp3) is 0.900. The lowest BCUT2D eigenvalue weighted by molar-refractivity contribution is 0.401. The van der Waals surface area contributed by atoms with Crippen LogP contribution in [0.3, 0.4) is 0 Å². The highest BCUT2D eigenvalue weighted by molar-refractivity contribution is 5.82. The van der Waals surface area contributed by atoms with E-state index in [-0.39, 0.29) is 0 Å². The number of nitrogens with zero attached hydrogens (tertiary/aromatic N) is 2. The molecule has 0 radical (unpaired) electrons. The second-order valence-electron chi connectivity index (χ2n) is 3.94. The molecule has 2 nitrogen and oxygen atoms in total. The summed E-state index contributed by atoms with van der Waals surface area (Å²) in [7, 11) is 3.98. The monoisotopic (exact) mass is 170 g/mol. The first-order valence-corrected chi connectivity index (χ1v) is 4.67. The van der Waals surface area contributed by atoms with E-state index in [2.05, 4.69) is 44.6 Å². The Hall–Kier alpha value is -0.530. The zero-order valence-corrected chi connectivity index (χ0v) is 9.26. The summed E-state index contributed by atoms with van der Waals surface area (Å²) < 4.78 is 0. The van der Waals surface area contributed by atoms with Crippen molar-refractivity contribution in [2.75, 3.05) is 14.1 Å². The van der Waals surface area contributed by atoms with Crippen LogP contribution in [0.1, 0.15) is 34.1 Å². The second-order valence-corrected chi connectivity index (χ2v) is 3.94. The molecule has 0 aromatic rings. The molecular formula is C10H22N2. The van der Waals surface area contributed by atoms with Crippen molar-refractivity contribution in [3.8, 4) is 0 Å². The number of aliphatic imine (C=N–C) groups is 1. The molecule has 0 bridgehead atoms. The van der Waals surface area contributed by atoms with Crippen molar-refractivity contribution >= 4 is 5.84 Å². The van der Waals surface area contributed by atoms with Gasteiger partial charge in [-0.3, -0.25) is 4.99 Å². The van der Waals surface area contributed by atoms with Gasteiger partial charge in [-0.05, 0) is 19.8 Å². The van der Waals surface area contributed by atoms with Crippen molar-refractivity contribution in [3.05, 3.63) is 0 Å². The highest BCUT2D eigenvalue weighted by Crippen LogP contribution is 2.06. The third-order valence-corrected chi connectivity index (χ3v) is 2.03. The molecule has 0 aromatic heterocycles. The molecule has 0 amide bonds. The molecule has 12 heavy (non-hydrogen) atoms. The van der Waals surface area contributed by atoms with Crippen LogP contribution in [0.5, 0.6) is 0 Å². The third-order valence-electron chi connectivity index (χ3n) is 2.03. The van der Waals surface area contributed by atoms with Gasteiger partial charge in [0, 0.05) is 26.6 Å². The van der Waals surface area contributed by atoms with E-state index in [1.807, 2.05) is 7.05 Å². The maximum Gasteiger partial charge on any atom is 0.0987 e. The van der Waals surface area contributed by atoms with Gasteiger partial charge < -0.3 is 4.90 Å². The molecule has 0 aromatic carbocycles. The van der Waals surface area contributed by atoms with Gasteiger partial charge in [-0.25, -0.2) is 0 Å². The molecular weight excluding hydrogens is 148 g/mol. The van der Waals surface area contributed by atoms with Gasteiger partial charge in [-0.2, -0.15) is 0 Å². The molecule has 0 atom stereocenters. The van der Waals surface area contributed by atoms with E-state index in [1.165, 1.54) is 5.84 Å². The Morgan fingerprint density at radius 2 is 1.75 bits per heavy atom. The molecule has 72 valence electrons. The summed E-state index contributed by atoms with van der Waals surface area (Å²) in [6.07, 6.45) is 1.07. The normalized spacial score (nSPS) is 12.8. The van der Waals surface area contributed by atoms with Gasteiger partial charge in [-0.1, -0.05) is 13.8 Å². The lowest BCUT2D eigenvalue weighted by atomic mass is 10.1. The van der Waals surface area contributed by atoms with Crippen molar-refractivity contribution in [1.82, 2.24) is 4.90 Å². The van der Waals surface area contributed by atoms with E-state index in [9.17, 15) is 0 Å². The minimum Gasteiger partial charge on any atom is -0.361 e. The van der Waals surface area contributed by atoms with Crippen molar-refractivity contribution in [2.45, 2.75) is 40.2 Å². The maximum atomic E-state index is 4.29. The molecule has 0 fully saturated rings. The van der Waals surface area contributed by atoms with Crippen LogP contribution in [0, 0.1) is 5.92 Å². The number of rotatable bonds is 3. The Labute approximate surface area is 76.7 Å². The minimum atomic E-state index is 0.544. The summed E-state index contributed by atoms with van der Waals surface area (Å²) in [6, 6.07) is 0.544. The summed E-state index contributed by atoms with van der Waals surface area (Å²) in [6.45, 7) is 8.82. The third kappa shape index (κ3) is 3.74. The lowest BCUT2D eigenvalue weighted by Crippen LogP contribution is -2.33. The van der Waals surface area contributed by atoms with Crippen molar-refractivity contribution in [3.63, 3.8) is 0 Å². The van der Waals surface area contributed by atoms with Crippen LogP contribution in [0.15, 0.2) is 4.99 Å². The van der Waals surface area contributed by atoms with E-state index < -0.39 is 0 Å². The summed E-state index contributed by atoms with van der Waals surface area (Å²) in [5.74, 6) is 1.89. The molecule has 0 aliphatic heterocycles. The summed E-state index contributed by atoms with van der Waals surface area (Å²) >= 11 is 0. The van der Waals surface area contributed by atoms with Gasteiger partial charge in [0.1, 0.15) is 0 Å². The molecule has 0 heterocycles. The van der Waals surface area contributed by atoms with Crippen molar-refractivity contribution in [1.29, 1.82) is 0 Å². The quantitative estimate of drug-likeness (QED) is 0.469.